The lowest BCUT2D eigenvalue weighted by Gasteiger charge is -2.26. The van der Waals surface area contributed by atoms with E-state index in [4.69, 9.17) is 11.6 Å². The van der Waals surface area contributed by atoms with Crippen molar-refractivity contribution in [1.82, 2.24) is 20.3 Å². The van der Waals surface area contributed by atoms with Crippen LogP contribution in [0.15, 0.2) is 46.9 Å². The van der Waals surface area contributed by atoms with Crippen molar-refractivity contribution in [2.45, 2.75) is 32.7 Å². The van der Waals surface area contributed by atoms with Gasteiger partial charge in [0.2, 0.25) is 0 Å². The van der Waals surface area contributed by atoms with Crippen LogP contribution in [0.25, 0.3) is 0 Å². The number of aromatic nitrogens is 3. The average Bonchev–Trinajstić information content (AvgIpc) is 3.01. The van der Waals surface area contributed by atoms with Gasteiger partial charge in [0.15, 0.2) is 5.82 Å². The van der Waals surface area contributed by atoms with Crippen molar-refractivity contribution >= 4 is 39.4 Å². The number of halogens is 3. The third kappa shape index (κ3) is 5.17. The van der Waals surface area contributed by atoms with Crippen molar-refractivity contribution < 1.29 is 9.18 Å². The molecule has 6 nitrogen and oxygen atoms in total. The molecule has 1 aromatic heterocycles. The molecule has 9 heteroatoms. The monoisotopic (exact) mass is 493 g/mol. The van der Waals surface area contributed by atoms with Crippen molar-refractivity contribution in [3.8, 4) is 0 Å². The van der Waals surface area contributed by atoms with Crippen molar-refractivity contribution in [2.24, 2.45) is 0 Å². The molecule has 2 amide bonds. The smallest absolute Gasteiger partial charge is 0.320 e. The summed E-state index contributed by atoms with van der Waals surface area (Å²) in [5.41, 5.74) is 1.67. The fourth-order valence-electron chi connectivity index (χ4n) is 3.00. The van der Waals surface area contributed by atoms with Crippen LogP contribution in [-0.4, -0.2) is 27.6 Å². The molecule has 3 rings (SSSR count). The van der Waals surface area contributed by atoms with Gasteiger partial charge in [-0.05, 0) is 30.7 Å². The Labute approximate surface area is 187 Å². The summed E-state index contributed by atoms with van der Waals surface area (Å²) in [6, 6.07) is 11.8. The molecule has 158 valence electrons. The molecule has 1 heterocycles. The van der Waals surface area contributed by atoms with Gasteiger partial charge in [0.05, 0.1) is 12.2 Å². The standard InChI is InChI=1S/C21H22BrClFN5O/c1-13-19(27-28-29(13)11-14-6-4-5-7-18(14)24)26-20(30)25-12-21(2,3)16-9-8-15(22)10-17(16)23/h4-10H,11-12H2,1-3H3,(H2,25,26,30). The number of urea groups is 1. The highest BCUT2D eigenvalue weighted by Crippen LogP contribution is 2.31. The largest absolute Gasteiger partial charge is 0.337 e. The molecule has 0 radical (unpaired) electrons. The zero-order valence-corrected chi connectivity index (χ0v) is 19.2. The first-order valence-electron chi connectivity index (χ1n) is 9.31. The van der Waals surface area contributed by atoms with Gasteiger partial charge in [-0.1, -0.05) is 70.9 Å². The van der Waals surface area contributed by atoms with Gasteiger partial charge in [-0.3, -0.25) is 5.32 Å². The van der Waals surface area contributed by atoms with Crippen LogP contribution in [0.5, 0.6) is 0 Å². The highest BCUT2D eigenvalue weighted by Gasteiger charge is 2.24. The van der Waals surface area contributed by atoms with Gasteiger partial charge in [0.25, 0.3) is 0 Å². The zero-order chi connectivity index (χ0) is 21.9. The summed E-state index contributed by atoms with van der Waals surface area (Å²) in [4.78, 5) is 12.4. The second kappa shape index (κ2) is 9.14. The molecule has 3 aromatic rings. The summed E-state index contributed by atoms with van der Waals surface area (Å²) in [5.74, 6) is 0.0109. The second-order valence-electron chi connectivity index (χ2n) is 7.59. The number of hydrogen-bond donors (Lipinski definition) is 2. The molecule has 2 N–H and O–H groups in total. The van der Waals surface area contributed by atoms with E-state index < -0.39 is 6.03 Å². The third-order valence-electron chi connectivity index (χ3n) is 4.84. The zero-order valence-electron chi connectivity index (χ0n) is 16.8. The molecule has 0 atom stereocenters. The van der Waals surface area contributed by atoms with Gasteiger partial charge in [-0.25, -0.2) is 13.9 Å². The van der Waals surface area contributed by atoms with Crippen LogP contribution < -0.4 is 10.6 Å². The second-order valence-corrected chi connectivity index (χ2v) is 8.91. The summed E-state index contributed by atoms with van der Waals surface area (Å²) in [5, 5.41) is 14.2. The SMILES string of the molecule is Cc1c(NC(=O)NCC(C)(C)c2ccc(Br)cc2Cl)nnn1Cc1ccccc1F. The van der Waals surface area contributed by atoms with Crippen molar-refractivity contribution in [2.75, 3.05) is 11.9 Å². The van der Waals surface area contributed by atoms with Crippen LogP contribution in [0.1, 0.15) is 30.7 Å². The number of carbonyl (C=O) groups excluding carboxylic acids is 1. The summed E-state index contributed by atoms with van der Waals surface area (Å²) in [6.07, 6.45) is 0. The predicted molar refractivity (Wildman–Crippen MR) is 119 cm³/mol. The van der Waals surface area contributed by atoms with E-state index in [1.807, 2.05) is 32.0 Å². The number of rotatable bonds is 6. The van der Waals surface area contributed by atoms with Gasteiger partial charge in [0, 0.05) is 27.0 Å². The van der Waals surface area contributed by atoms with Crippen LogP contribution in [-0.2, 0) is 12.0 Å². The Morgan fingerprint density at radius 1 is 1.27 bits per heavy atom. The number of hydrogen-bond acceptors (Lipinski definition) is 3. The van der Waals surface area contributed by atoms with Crippen molar-refractivity contribution in [1.29, 1.82) is 0 Å². The number of amides is 2. The normalized spacial score (nSPS) is 11.4. The average molecular weight is 495 g/mol. The van der Waals surface area contributed by atoms with E-state index in [-0.39, 0.29) is 17.8 Å². The molecule has 0 aliphatic carbocycles. The number of nitrogens with one attached hydrogen (secondary N) is 2. The molecule has 0 fully saturated rings. The molecular weight excluding hydrogens is 473 g/mol. The Bertz CT molecular complexity index is 1070. The minimum atomic E-state index is -0.405. The minimum absolute atomic E-state index is 0.226. The lowest BCUT2D eigenvalue weighted by molar-refractivity contribution is 0.249. The van der Waals surface area contributed by atoms with E-state index in [2.05, 4.69) is 36.9 Å². The van der Waals surface area contributed by atoms with Gasteiger partial charge in [0.1, 0.15) is 5.82 Å². The fraction of sp³-hybridized carbons (Fsp3) is 0.286. The van der Waals surface area contributed by atoms with E-state index in [0.717, 1.165) is 10.0 Å². The Kier molecular flexibility index (Phi) is 6.77. The molecule has 0 aliphatic heterocycles. The van der Waals surface area contributed by atoms with E-state index in [1.165, 1.54) is 6.07 Å². The molecule has 0 saturated carbocycles. The van der Waals surface area contributed by atoms with Crippen molar-refractivity contribution in [3.05, 3.63) is 74.6 Å². The lowest BCUT2D eigenvalue weighted by Crippen LogP contribution is -2.39. The first kappa shape index (κ1) is 22.2. The van der Waals surface area contributed by atoms with Crippen LogP contribution in [0.4, 0.5) is 15.0 Å². The maximum atomic E-state index is 13.9. The van der Waals surface area contributed by atoms with Gasteiger partial charge < -0.3 is 5.32 Å². The number of benzene rings is 2. The number of anilines is 1. The van der Waals surface area contributed by atoms with Crippen LogP contribution in [0.2, 0.25) is 5.02 Å². The van der Waals surface area contributed by atoms with Crippen LogP contribution in [0.3, 0.4) is 0 Å². The van der Waals surface area contributed by atoms with E-state index >= 15 is 0 Å². The maximum Gasteiger partial charge on any atom is 0.320 e. The Morgan fingerprint density at radius 3 is 2.70 bits per heavy atom. The topological polar surface area (TPSA) is 71.8 Å². The number of nitrogens with zero attached hydrogens (tertiary/aromatic N) is 3. The minimum Gasteiger partial charge on any atom is -0.337 e. The maximum absolute atomic E-state index is 13.9. The Morgan fingerprint density at radius 2 is 2.00 bits per heavy atom. The molecule has 0 bridgehead atoms. The van der Waals surface area contributed by atoms with Crippen LogP contribution in [0, 0.1) is 12.7 Å². The third-order valence-corrected chi connectivity index (χ3v) is 5.65. The molecule has 0 unspecified atom stereocenters. The quantitative estimate of drug-likeness (QED) is 0.489. The van der Waals surface area contributed by atoms with Crippen molar-refractivity contribution in [3.63, 3.8) is 0 Å². The first-order valence-corrected chi connectivity index (χ1v) is 10.5. The molecule has 30 heavy (non-hydrogen) atoms. The van der Waals surface area contributed by atoms with Crippen LogP contribution >= 0.6 is 27.5 Å². The van der Waals surface area contributed by atoms with E-state index in [0.29, 0.717) is 28.6 Å². The predicted octanol–water partition coefficient (Wildman–Crippen LogP) is 5.29. The highest BCUT2D eigenvalue weighted by molar-refractivity contribution is 9.10. The first-order chi connectivity index (χ1) is 14.2. The van der Waals surface area contributed by atoms with Gasteiger partial charge >= 0.3 is 6.03 Å². The molecule has 0 spiro atoms. The summed E-state index contributed by atoms with van der Waals surface area (Å²) < 4.78 is 16.3. The van der Waals surface area contributed by atoms with E-state index in [9.17, 15) is 9.18 Å². The Balaban J connectivity index is 1.62. The Hall–Kier alpha value is -2.45. The molecule has 2 aromatic carbocycles. The summed E-state index contributed by atoms with van der Waals surface area (Å²) in [6.45, 7) is 6.35. The summed E-state index contributed by atoms with van der Waals surface area (Å²) in [7, 11) is 0. The van der Waals surface area contributed by atoms with Gasteiger partial charge in [-0.15, -0.1) is 5.10 Å². The molecular formula is C21H22BrClFN5O. The number of carbonyl (C=O) groups is 1. The van der Waals surface area contributed by atoms with E-state index in [1.54, 1.807) is 29.8 Å². The fourth-order valence-corrected chi connectivity index (χ4v) is 3.93. The highest BCUT2D eigenvalue weighted by atomic mass is 79.9. The molecule has 0 aliphatic rings. The molecule has 0 saturated heterocycles. The van der Waals surface area contributed by atoms with Gasteiger partial charge in [-0.2, -0.15) is 0 Å². The lowest BCUT2D eigenvalue weighted by atomic mass is 9.84. The summed E-state index contributed by atoms with van der Waals surface area (Å²) >= 11 is 9.75.